The van der Waals surface area contributed by atoms with Crippen LogP contribution in [-0.4, -0.2) is 34.1 Å². The summed E-state index contributed by atoms with van der Waals surface area (Å²) in [6, 6.07) is 0. The summed E-state index contributed by atoms with van der Waals surface area (Å²) in [5.41, 5.74) is 0. The number of aliphatic hydroxyl groups excluding tert-OH is 1. The quantitative estimate of drug-likeness (QED) is 0.443. The predicted octanol–water partition coefficient (Wildman–Crippen LogP) is -0.151. The molecule has 0 amide bonds. The molecule has 0 saturated carbocycles. The maximum atomic E-state index is 10.4. The van der Waals surface area contributed by atoms with E-state index in [0.717, 1.165) is 6.08 Å². The number of carbonyl (C=O) groups excluding carboxylic acids is 1. The van der Waals surface area contributed by atoms with Gasteiger partial charge in [0.2, 0.25) is 0 Å². The van der Waals surface area contributed by atoms with Gasteiger partial charge in [0.1, 0.15) is 0 Å². The van der Waals surface area contributed by atoms with Crippen molar-refractivity contribution in [1.82, 2.24) is 0 Å². The van der Waals surface area contributed by atoms with E-state index in [1.54, 1.807) is 0 Å². The van der Waals surface area contributed by atoms with Crippen LogP contribution in [0.15, 0.2) is 11.9 Å². The molecule has 6 nitrogen and oxygen atoms in total. The lowest BCUT2D eigenvalue weighted by Gasteiger charge is -2.08. The first-order chi connectivity index (χ1) is 6.35. The third-order valence-corrected chi connectivity index (χ3v) is 1.85. The number of hydrogen-bond donors (Lipinski definition) is 3. The smallest absolute Gasteiger partial charge is 0.348 e. The Labute approximate surface area is 81.4 Å². The van der Waals surface area contributed by atoms with Gasteiger partial charge in [-0.2, -0.15) is 0 Å². The Morgan fingerprint density at radius 1 is 1.57 bits per heavy atom. The first-order valence-corrected chi connectivity index (χ1v) is 5.52. The normalized spacial score (nSPS) is 14.3. The summed E-state index contributed by atoms with van der Waals surface area (Å²) in [4.78, 5) is 27.3. The Bertz CT molecular complexity index is 255. The van der Waals surface area contributed by atoms with Gasteiger partial charge in [-0.3, -0.25) is 9.36 Å². The monoisotopic (exact) mass is 224 g/mol. The number of ether oxygens (including phenoxy) is 1. The average molecular weight is 224 g/mol. The van der Waals surface area contributed by atoms with Crippen LogP contribution in [0.1, 0.15) is 6.92 Å². The maximum absolute atomic E-state index is 10.4. The Morgan fingerprint density at radius 3 is 2.50 bits per heavy atom. The molecule has 7 heteroatoms. The second kappa shape index (κ2) is 5.93. The fourth-order valence-corrected chi connectivity index (χ4v) is 1.10. The van der Waals surface area contributed by atoms with Crippen molar-refractivity contribution in [3.63, 3.8) is 0 Å². The first kappa shape index (κ1) is 13.3. The van der Waals surface area contributed by atoms with E-state index in [0.29, 0.717) is 5.82 Å². The summed E-state index contributed by atoms with van der Waals surface area (Å²) in [5, 5.41) is 8.74. The summed E-state index contributed by atoms with van der Waals surface area (Å²) in [5.74, 6) is -0.420. The van der Waals surface area contributed by atoms with Gasteiger partial charge in [0.15, 0.2) is 0 Å². The summed E-state index contributed by atoms with van der Waals surface area (Å²) < 4.78 is 15.0. The van der Waals surface area contributed by atoms with E-state index < -0.39 is 19.5 Å². The second-order valence-corrected chi connectivity index (χ2v) is 4.15. The Kier molecular flexibility index (Phi) is 5.64. The van der Waals surface area contributed by atoms with Gasteiger partial charge in [-0.05, 0) is 0 Å². The molecule has 0 aliphatic carbocycles. The fourth-order valence-electron chi connectivity index (χ4n) is 0.627. The van der Waals surface area contributed by atoms with Gasteiger partial charge in [-0.15, -0.1) is 0 Å². The van der Waals surface area contributed by atoms with Gasteiger partial charge in [-0.1, -0.05) is 6.08 Å². The SMILES string of the molecule is CC(=O)OCC(/C=C/P(=O)(O)O)CO. The predicted molar refractivity (Wildman–Crippen MR) is 48.4 cm³/mol. The number of aliphatic hydroxyl groups is 1. The van der Waals surface area contributed by atoms with Crippen molar-refractivity contribution >= 4 is 13.6 Å². The molecule has 0 fully saturated rings. The molecular weight excluding hydrogens is 211 g/mol. The molecule has 1 atom stereocenters. The van der Waals surface area contributed by atoms with Gasteiger partial charge in [0.05, 0.1) is 13.2 Å². The topological polar surface area (TPSA) is 104 Å². The van der Waals surface area contributed by atoms with Crippen LogP contribution < -0.4 is 0 Å². The molecule has 0 radical (unpaired) electrons. The molecule has 0 saturated heterocycles. The first-order valence-electron chi connectivity index (χ1n) is 3.84. The number of carbonyl (C=O) groups is 1. The summed E-state index contributed by atoms with van der Waals surface area (Å²) in [6.45, 7) is 0.771. The van der Waals surface area contributed by atoms with E-state index in [1.807, 2.05) is 0 Å². The van der Waals surface area contributed by atoms with Crippen LogP contribution in [0.25, 0.3) is 0 Å². The van der Waals surface area contributed by atoms with Crippen molar-refractivity contribution in [3.8, 4) is 0 Å². The lowest BCUT2D eigenvalue weighted by Crippen LogP contribution is -2.13. The number of hydrogen-bond acceptors (Lipinski definition) is 4. The average Bonchev–Trinajstić information content (AvgIpc) is 2.02. The Hall–Kier alpha value is -0.680. The van der Waals surface area contributed by atoms with Gasteiger partial charge in [0.25, 0.3) is 0 Å². The summed E-state index contributed by atoms with van der Waals surface area (Å²) in [7, 11) is -4.21. The highest BCUT2D eigenvalue weighted by molar-refractivity contribution is 7.55. The zero-order chi connectivity index (χ0) is 11.2. The van der Waals surface area contributed by atoms with Crippen LogP contribution in [0.4, 0.5) is 0 Å². The van der Waals surface area contributed by atoms with E-state index in [2.05, 4.69) is 4.74 Å². The van der Waals surface area contributed by atoms with Crippen LogP contribution in [0, 0.1) is 5.92 Å². The van der Waals surface area contributed by atoms with Crippen molar-refractivity contribution in [2.24, 2.45) is 5.92 Å². The van der Waals surface area contributed by atoms with Crippen LogP contribution >= 0.6 is 7.60 Å². The standard InChI is InChI=1S/C7H13O6P/c1-6(9)13-5-7(4-8)2-3-14(10,11)12/h2-3,7-8H,4-5H2,1H3,(H2,10,11,12)/b3-2+. The molecule has 14 heavy (non-hydrogen) atoms. The van der Waals surface area contributed by atoms with Crippen molar-refractivity contribution in [2.75, 3.05) is 13.2 Å². The molecule has 1 unspecified atom stereocenters. The van der Waals surface area contributed by atoms with Crippen LogP contribution in [0.3, 0.4) is 0 Å². The van der Waals surface area contributed by atoms with Crippen molar-refractivity contribution in [1.29, 1.82) is 0 Å². The molecule has 0 aromatic rings. The van der Waals surface area contributed by atoms with E-state index in [1.165, 1.54) is 6.92 Å². The zero-order valence-electron chi connectivity index (χ0n) is 7.66. The zero-order valence-corrected chi connectivity index (χ0v) is 8.55. The van der Waals surface area contributed by atoms with Crippen LogP contribution in [0.5, 0.6) is 0 Å². The molecule has 0 aliphatic rings. The third-order valence-electron chi connectivity index (χ3n) is 1.29. The lowest BCUT2D eigenvalue weighted by atomic mass is 10.2. The highest BCUT2D eigenvalue weighted by atomic mass is 31.2. The molecule has 0 spiro atoms. The van der Waals surface area contributed by atoms with Gasteiger partial charge < -0.3 is 19.6 Å². The molecule has 0 bridgehead atoms. The Balaban J connectivity index is 4.09. The van der Waals surface area contributed by atoms with Gasteiger partial charge in [0, 0.05) is 18.7 Å². The highest BCUT2D eigenvalue weighted by Gasteiger charge is 2.10. The second-order valence-electron chi connectivity index (χ2n) is 2.68. The summed E-state index contributed by atoms with van der Waals surface area (Å²) in [6.07, 6.45) is 1.13. The molecule has 0 rings (SSSR count). The molecule has 82 valence electrons. The minimum absolute atomic E-state index is 0.0949. The van der Waals surface area contributed by atoms with Gasteiger partial charge in [-0.25, -0.2) is 0 Å². The Morgan fingerprint density at radius 2 is 2.14 bits per heavy atom. The maximum Gasteiger partial charge on any atom is 0.348 e. The van der Waals surface area contributed by atoms with Crippen LogP contribution in [0.2, 0.25) is 0 Å². The third kappa shape index (κ3) is 7.94. The van der Waals surface area contributed by atoms with Crippen molar-refractivity contribution in [3.05, 3.63) is 11.9 Å². The van der Waals surface area contributed by atoms with E-state index in [-0.39, 0.29) is 13.2 Å². The van der Waals surface area contributed by atoms with E-state index in [4.69, 9.17) is 14.9 Å². The molecule has 0 aliphatic heterocycles. The molecule has 0 aromatic carbocycles. The molecular formula is C7H13O6P. The number of esters is 1. The molecule has 0 aromatic heterocycles. The van der Waals surface area contributed by atoms with Gasteiger partial charge >= 0.3 is 13.6 Å². The fraction of sp³-hybridized carbons (Fsp3) is 0.571. The minimum atomic E-state index is -4.21. The van der Waals surface area contributed by atoms with Crippen molar-refractivity contribution < 1.29 is 29.0 Å². The lowest BCUT2D eigenvalue weighted by molar-refractivity contribution is -0.142. The number of rotatable bonds is 5. The molecule has 3 N–H and O–H groups in total. The summed E-state index contributed by atoms with van der Waals surface area (Å²) >= 11 is 0. The van der Waals surface area contributed by atoms with Crippen LogP contribution in [-0.2, 0) is 14.1 Å². The van der Waals surface area contributed by atoms with E-state index >= 15 is 0 Å². The van der Waals surface area contributed by atoms with Crippen molar-refractivity contribution in [2.45, 2.75) is 6.92 Å². The molecule has 0 heterocycles. The minimum Gasteiger partial charge on any atom is -0.465 e. The largest absolute Gasteiger partial charge is 0.465 e. The highest BCUT2D eigenvalue weighted by Crippen LogP contribution is 2.36. The van der Waals surface area contributed by atoms with E-state index in [9.17, 15) is 9.36 Å².